The summed E-state index contributed by atoms with van der Waals surface area (Å²) in [5.41, 5.74) is 1.95. The van der Waals surface area contributed by atoms with Crippen LogP contribution in [-0.2, 0) is 33.3 Å². The number of ether oxygens (including phenoxy) is 5. The SMILES string of the molecule is COC(=O)C[C@H]1[C@]2(C)C3=C(C)[C@H](c4ccoc4)C[C@H]3O[C@@H]2[C@@H]2OC[C@]3(C)[C@H](OC(C)=O)C[C@H](OC(=O)c4ccccc4)[C@@]1(C)[C@@H]23. The smallest absolute Gasteiger partial charge is 0.338 e. The van der Waals surface area contributed by atoms with E-state index in [1.165, 1.54) is 25.2 Å². The predicted molar refractivity (Wildman–Crippen MR) is 161 cm³/mol. The number of furan rings is 1. The molecule has 0 N–H and O–H groups in total. The van der Waals surface area contributed by atoms with Gasteiger partial charge in [0.05, 0.1) is 50.1 Å². The van der Waals surface area contributed by atoms with Gasteiger partial charge >= 0.3 is 17.9 Å². The maximum atomic E-state index is 13.7. The molecule has 2 aliphatic heterocycles. The van der Waals surface area contributed by atoms with Crippen LogP contribution in [0, 0.1) is 28.1 Å². The van der Waals surface area contributed by atoms with Gasteiger partial charge < -0.3 is 28.1 Å². The molecule has 9 heteroatoms. The molecular weight excluding hydrogens is 576 g/mol. The quantitative estimate of drug-likeness (QED) is 0.231. The molecule has 2 saturated carbocycles. The second kappa shape index (κ2) is 10.6. The third kappa shape index (κ3) is 4.22. The Hall–Kier alpha value is -3.43. The molecule has 4 fully saturated rings. The van der Waals surface area contributed by atoms with Gasteiger partial charge in [0, 0.05) is 47.8 Å². The first kappa shape index (κ1) is 30.2. The molecule has 2 aromatic rings. The Kier molecular flexibility index (Phi) is 7.09. The minimum atomic E-state index is -0.768. The zero-order chi connectivity index (χ0) is 31.9. The van der Waals surface area contributed by atoms with Crippen LogP contribution in [0.1, 0.15) is 75.7 Å². The molecule has 1 aromatic carbocycles. The molecule has 5 aliphatic rings. The molecule has 240 valence electrons. The molecule has 7 rings (SSSR count). The third-order valence-electron chi connectivity index (χ3n) is 12.2. The third-order valence-corrected chi connectivity index (χ3v) is 12.2. The molecule has 0 spiro atoms. The number of hydrogen-bond donors (Lipinski definition) is 0. The van der Waals surface area contributed by atoms with Gasteiger partial charge in [-0.25, -0.2) is 4.79 Å². The predicted octanol–water partition coefficient (Wildman–Crippen LogP) is 5.64. The number of benzene rings is 1. The van der Waals surface area contributed by atoms with Crippen molar-refractivity contribution in [3.63, 3.8) is 0 Å². The fraction of sp³-hybridized carbons (Fsp3) is 0.583. The van der Waals surface area contributed by atoms with Crippen LogP contribution >= 0.6 is 0 Å². The highest BCUT2D eigenvalue weighted by Gasteiger charge is 2.78. The summed E-state index contributed by atoms with van der Waals surface area (Å²) in [4.78, 5) is 39.5. The van der Waals surface area contributed by atoms with Crippen molar-refractivity contribution in [3.05, 3.63) is 71.2 Å². The van der Waals surface area contributed by atoms with E-state index in [2.05, 4.69) is 27.7 Å². The number of fused-ring (bicyclic) bond motifs is 4. The lowest BCUT2D eigenvalue weighted by Crippen LogP contribution is -2.71. The number of rotatable bonds is 6. The van der Waals surface area contributed by atoms with Crippen LogP contribution in [0.3, 0.4) is 0 Å². The van der Waals surface area contributed by atoms with Crippen molar-refractivity contribution in [2.45, 2.75) is 90.3 Å². The largest absolute Gasteiger partial charge is 0.472 e. The number of hydrogen-bond acceptors (Lipinski definition) is 9. The monoisotopic (exact) mass is 618 g/mol. The van der Waals surface area contributed by atoms with Crippen molar-refractivity contribution in [1.82, 2.24) is 0 Å². The van der Waals surface area contributed by atoms with E-state index in [-0.39, 0.29) is 54.9 Å². The fourth-order valence-electron chi connectivity index (χ4n) is 10.5. The highest BCUT2D eigenvalue weighted by molar-refractivity contribution is 5.89. The zero-order valence-corrected chi connectivity index (χ0v) is 26.7. The lowest BCUT2D eigenvalue weighted by molar-refractivity contribution is -0.246. The Morgan fingerprint density at radius 1 is 1.00 bits per heavy atom. The molecule has 3 aliphatic carbocycles. The summed E-state index contributed by atoms with van der Waals surface area (Å²) < 4.78 is 37.0. The second-order valence-electron chi connectivity index (χ2n) is 14.3. The lowest BCUT2D eigenvalue weighted by Gasteiger charge is -2.65. The summed E-state index contributed by atoms with van der Waals surface area (Å²) in [7, 11) is 1.41. The Balaban J connectivity index is 1.40. The van der Waals surface area contributed by atoms with Crippen molar-refractivity contribution >= 4 is 17.9 Å². The van der Waals surface area contributed by atoms with Gasteiger partial charge in [0.15, 0.2) is 0 Å². The van der Waals surface area contributed by atoms with Gasteiger partial charge in [0.25, 0.3) is 0 Å². The highest BCUT2D eigenvalue weighted by Crippen LogP contribution is 2.74. The van der Waals surface area contributed by atoms with Crippen LogP contribution in [0.2, 0.25) is 0 Å². The first-order valence-corrected chi connectivity index (χ1v) is 15.9. The van der Waals surface area contributed by atoms with E-state index >= 15 is 0 Å². The average molecular weight is 619 g/mol. The molecule has 45 heavy (non-hydrogen) atoms. The molecular formula is C36H42O9. The minimum Gasteiger partial charge on any atom is -0.472 e. The van der Waals surface area contributed by atoms with Gasteiger partial charge in [-0.15, -0.1) is 0 Å². The molecule has 3 heterocycles. The highest BCUT2D eigenvalue weighted by atomic mass is 16.6. The van der Waals surface area contributed by atoms with Crippen molar-refractivity contribution in [3.8, 4) is 0 Å². The number of allylic oxidation sites excluding steroid dienone is 1. The van der Waals surface area contributed by atoms with Crippen molar-refractivity contribution in [2.75, 3.05) is 13.7 Å². The summed E-state index contributed by atoms with van der Waals surface area (Å²) in [6.07, 6.45) is 2.54. The maximum Gasteiger partial charge on any atom is 0.338 e. The van der Waals surface area contributed by atoms with E-state index in [1.807, 2.05) is 12.1 Å². The normalized spacial score (nSPS) is 41.2. The Bertz CT molecular complexity index is 1530. The van der Waals surface area contributed by atoms with Gasteiger partial charge in [-0.3, -0.25) is 9.59 Å². The van der Waals surface area contributed by atoms with Gasteiger partial charge in [-0.2, -0.15) is 0 Å². The van der Waals surface area contributed by atoms with E-state index in [0.29, 0.717) is 12.2 Å². The topological polar surface area (TPSA) is 111 Å². The molecule has 11 atom stereocenters. The summed E-state index contributed by atoms with van der Waals surface area (Å²) >= 11 is 0. The minimum absolute atomic E-state index is 0.111. The number of carbonyl (C=O) groups is 3. The van der Waals surface area contributed by atoms with Crippen molar-refractivity contribution < 1.29 is 42.5 Å². The van der Waals surface area contributed by atoms with Crippen molar-refractivity contribution in [1.29, 1.82) is 0 Å². The van der Waals surface area contributed by atoms with Gasteiger partial charge in [0.2, 0.25) is 0 Å². The van der Waals surface area contributed by atoms with Crippen LogP contribution < -0.4 is 0 Å². The van der Waals surface area contributed by atoms with Gasteiger partial charge in [-0.05, 0) is 48.6 Å². The van der Waals surface area contributed by atoms with E-state index in [4.69, 9.17) is 28.1 Å². The molecule has 0 radical (unpaired) electrons. The van der Waals surface area contributed by atoms with E-state index in [1.54, 1.807) is 36.8 Å². The number of esters is 3. The van der Waals surface area contributed by atoms with E-state index in [0.717, 1.165) is 12.0 Å². The Morgan fingerprint density at radius 2 is 1.76 bits per heavy atom. The van der Waals surface area contributed by atoms with Crippen LogP contribution in [0.4, 0.5) is 0 Å². The van der Waals surface area contributed by atoms with Crippen LogP contribution in [0.25, 0.3) is 0 Å². The van der Waals surface area contributed by atoms with Crippen molar-refractivity contribution in [2.24, 2.45) is 28.1 Å². The average Bonchev–Trinajstić information content (AvgIpc) is 3.79. The zero-order valence-electron chi connectivity index (χ0n) is 26.7. The molecule has 2 saturated heterocycles. The Morgan fingerprint density at radius 3 is 2.42 bits per heavy atom. The maximum absolute atomic E-state index is 13.7. The van der Waals surface area contributed by atoms with Crippen LogP contribution in [-0.4, -0.2) is 62.1 Å². The molecule has 0 amide bonds. The summed E-state index contributed by atoms with van der Waals surface area (Å²) in [5, 5.41) is 0. The molecule has 1 aromatic heterocycles. The van der Waals surface area contributed by atoms with Crippen LogP contribution in [0.15, 0.2) is 64.5 Å². The number of methoxy groups -OCH3 is 1. The molecule has 9 nitrogen and oxygen atoms in total. The fourth-order valence-corrected chi connectivity index (χ4v) is 10.5. The van der Waals surface area contributed by atoms with Gasteiger partial charge in [0.1, 0.15) is 12.2 Å². The Labute approximate surface area is 263 Å². The second-order valence-corrected chi connectivity index (χ2v) is 14.3. The molecule has 0 unspecified atom stereocenters. The standard InChI is InChI=1S/C36H42O9/c1-19-23(22-12-13-41-17-22)14-24-29(19)36(5)25(15-28(38)40-6)35(4)27(45-33(39)21-10-8-7-9-11-21)16-26(43-20(2)37)34(3)18-42-30(31(34)35)32(36)44-24/h7-13,17,23-27,30-32H,14-16,18H2,1-6H3/t23-,24-,25-,26-,27+,30-,31+,32-,34-,35+,36-/m1/s1. The first-order chi connectivity index (χ1) is 21.4. The van der Waals surface area contributed by atoms with Gasteiger partial charge in [-0.1, -0.05) is 44.5 Å². The summed E-state index contributed by atoms with van der Waals surface area (Å²) in [5.74, 6) is -1.63. The summed E-state index contributed by atoms with van der Waals surface area (Å²) in [6, 6.07) is 10.9. The van der Waals surface area contributed by atoms with E-state index < -0.39 is 40.4 Å². The first-order valence-electron chi connectivity index (χ1n) is 15.9. The summed E-state index contributed by atoms with van der Waals surface area (Å²) in [6.45, 7) is 10.4. The molecule has 0 bridgehead atoms. The van der Waals surface area contributed by atoms with Crippen LogP contribution in [0.5, 0.6) is 0 Å². The van der Waals surface area contributed by atoms with E-state index in [9.17, 15) is 14.4 Å². The number of carbonyl (C=O) groups excluding carboxylic acids is 3. The lowest BCUT2D eigenvalue weighted by atomic mass is 9.40.